The molecule has 1 fully saturated rings. The van der Waals surface area contributed by atoms with E-state index in [2.05, 4.69) is 43.9 Å². The second-order valence-electron chi connectivity index (χ2n) is 4.75. The van der Waals surface area contributed by atoms with Crippen molar-refractivity contribution in [2.45, 2.75) is 32.9 Å². The summed E-state index contributed by atoms with van der Waals surface area (Å²) in [6.45, 7) is 8.67. The fourth-order valence-corrected chi connectivity index (χ4v) is 2.36. The van der Waals surface area contributed by atoms with Crippen molar-refractivity contribution in [3.63, 3.8) is 0 Å². The van der Waals surface area contributed by atoms with Crippen LogP contribution in [-0.2, 0) is 0 Å². The molecule has 1 aromatic carbocycles. The molecular weight excluding hydrogens is 184 g/mol. The summed E-state index contributed by atoms with van der Waals surface area (Å²) >= 11 is 0. The molecule has 1 aliphatic heterocycles. The molecule has 1 atom stereocenters. The van der Waals surface area contributed by atoms with Crippen molar-refractivity contribution < 1.29 is 0 Å². The van der Waals surface area contributed by atoms with Crippen LogP contribution in [-0.4, -0.2) is 24.0 Å². The zero-order valence-corrected chi connectivity index (χ0v) is 9.83. The normalized spacial score (nSPS) is 20.0. The van der Waals surface area contributed by atoms with Crippen molar-refractivity contribution in [2.24, 2.45) is 5.73 Å². The first-order chi connectivity index (χ1) is 7.08. The highest BCUT2D eigenvalue weighted by Gasteiger charge is 2.28. The Kier molecular flexibility index (Phi) is 2.81. The average molecular weight is 204 g/mol. The summed E-state index contributed by atoms with van der Waals surface area (Å²) < 4.78 is 0. The summed E-state index contributed by atoms with van der Waals surface area (Å²) in [6.07, 6.45) is 0. The molecule has 2 rings (SSSR count). The Morgan fingerprint density at radius 3 is 2.53 bits per heavy atom. The molecule has 1 aromatic rings. The van der Waals surface area contributed by atoms with E-state index in [9.17, 15) is 0 Å². The van der Waals surface area contributed by atoms with Gasteiger partial charge in [0.15, 0.2) is 0 Å². The molecule has 1 aliphatic rings. The fraction of sp³-hybridized carbons (Fsp3) is 0.538. The lowest BCUT2D eigenvalue weighted by Crippen LogP contribution is -2.56. The Hall–Kier alpha value is -0.860. The first kappa shape index (κ1) is 10.7. The first-order valence-electron chi connectivity index (χ1n) is 5.64. The van der Waals surface area contributed by atoms with Crippen LogP contribution in [0.25, 0.3) is 0 Å². The van der Waals surface area contributed by atoms with E-state index in [1.807, 2.05) is 0 Å². The quantitative estimate of drug-likeness (QED) is 0.798. The average Bonchev–Trinajstić information content (AvgIpc) is 2.12. The van der Waals surface area contributed by atoms with Crippen LogP contribution in [0, 0.1) is 13.8 Å². The highest BCUT2D eigenvalue weighted by Crippen LogP contribution is 2.27. The van der Waals surface area contributed by atoms with Gasteiger partial charge in [0.25, 0.3) is 0 Å². The van der Waals surface area contributed by atoms with Crippen LogP contribution in [0.3, 0.4) is 0 Å². The van der Waals surface area contributed by atoms with Crippen molar-refractivity contribution in [1.82, 2.24) is 4.90 Å². The van der Waals surface area contributed by atoms with E-state index in [0.29, 0.717) is 12.1 Å². The van der Waals surface area contributed by atoms with Gasteiger partial charge in [-0.1, -0.05) is 23.8 Å². The SMILES string of the molecule is Cc1ccc(C(C)N2CC(N)C2)c(C)c1. The van der Waals surface area contributed by atoms with E-state index < -0.39 is 0 Å². The topological polar surface area (TPSA) is 29.3 Å². The van der Waals surface area contributed by atoms with Gasteiger partial charge in [0.05, 0.1) is 0 Å². The Balaban J connectivity index is 2.15. The van der Waals surface area contributed by atoms with Gasteiger partial charge in [-0.3, -0.25) is 4.90 Å². The van der Waals surface area contributed by atoms with Gasteiger partial charge in [0.2, 0.25) is 0 Å². The largest absolute Gasteiger partial charge is 0.325 e. The minimum Gasteiger partial charge on any atom is -0.325 e. The van der Waals surface area contributed by atoms with Crippen LogP contribution in [0.5, 0.6) is 0 Å². The maximum Gasteiger partial charge on any atom is 0.0323 e. The molecule has 15 heavy (non-hydrogen) atoms. The fourth-order valence-electron chi connectivity index (χ4n) is 2.36. The molecule has 2 N–H and O–H groups in total. The number of hydrogen-bond donors (Lipinski definition) is 1. The third kappa shape index (κ3) is 2.06. The number of rotatable bonds is 2. The molecule has 0 bridgehead atoms. The lowest BCUT2D eigenvalue weighted by Gasteiger charge is -2.41. The zero-order chi connectivity index (χ0) is 11.0. The molecular formula is C13H20N2. The summed E-state index contributed by atoms with van der Waals surface area (Å²) in [4.78, 5) is 2.43. The smallest absolute Gasteiger partial charge is 0.0323 e. The summed E-state index contributed by atoms with van der Waals surface area (Å²) in [5.41, 5.74) is 9.97. The predicted molar refractivity (Wildman–Crippen MR) is 63.9 cm³/mol. The Bertz CT molecular complexity index is 354. The third-order valence-corrected chi connectivity index (χ3v) is 3.36. The van der Waals surface area contributed by atoms with Gasteiger partial charge in [-0.15, -0.1) is 0 Å². The zero-order valence-electron chi connectivity index (χ0n) is 9.83. The van der Waals surface area contributed by atoms with Crippen LogP contribution < -0.4 is 5.73 Å². The summed E-state index contributed by atoms with van der Waals surface area (Å²) in [7, 11) is 0. The van der Waals surface area contributed by atoms with E-state index >= 15 is 0 Å². The van der Waals surface area contributed by atoms with E-state index in [1.165, 1.54) is 16.7 Å². The van der Waals surface area contributed by atoms with Crippen LogP contribution in [0.4, 0.5) is 0 Å². The molecule has 82 valence electrons. The third-order valence-electron chi connectivity index (χ3n) is 3.36. The molecule has 0 aromatic heterocycles. The number of likely N-dealkylation sites (tertiary alicyclic amines) is 1. The molecule has 2 nitrogen and oxygen atoms in total. The first-order valence-corrected chi connectivity index (χ1v) is 5.64. The summed E-state index contributed by atoms with van der Waals surface area (Å²) in [5, 5.41) is 0. The van der Waals surface area contributed by atoms with Crippen molar-refractivity contribution in [2.75, 3.05) is 13.1 Å². The van der Waals surface area contributed by atoms with Crippen LogP contribution in [0.1, 0.15) is 29.7 Å². The van der Waals surface area contributed by atoms with Gasteiger partial charge in [-0.2, -0.15) is 0 Å². The molecule has 2 heteroatoms. The number of aryl methyl sites for hydroxylation is 2. The van der Waals surface area contributed by atoms with Gasteiger partial charge >= 0.3 is 0 Å². The number of nitrogens with two attached hydrogens (primary N) is 1. The second-order valence-corrected chi connectivity index (χ2v) is 4.75. The minimum atomic E-state index is 0.387. The van der Waals surface area contributed by atoms with Crippen molar-refractivity contribution in [3.8, 4) is 0 Å². The molecule has 1 saturated heterocycles. The Labute approximate surface area is 92.1 Å². The highest BCUT2D eigenvalue weighted by molar-refractivity contribution is 5.32. The Morgan fingerprint density at radius 2 is 2.00 bits per heavy atom. The van der Waals surface area contributed by atoms with E-state index in [-0.39, 0.29) is 0 Å². The molecule has 0 saturated carbocycles. The predicted octanol–water partition coefficient (Wildman–Crippen LogP) is 2.01. The van der Waals surface area contributed by atoms with Crippen molar-refractivity contribution in [1.29, 1.82) is 0 Å². The van der Waals surface area contributed by atoms with Gasteiger partial charge in [-0.05, 0) is 31.9 Å². The van der Waals surface area contributed by atoms with Crippen LogP contribution >= 0.6 is 0 Å². The molecule has 0 spiro atoms. The maximum atomic E-state index is 5.81. The van der Waals surface area contributed by atoms with Gasteiger partial charge in [0.1, 0.15) is 0 Å². The number of hydrogen-bond acceptors (Lipinski definition) is 2. The maximum absolute atomic E-state index is 5.81. The van der Waals surface area contributed by atoms with Gasteiger partial charge in [0, 0.05) is 25.2 Å². The van der Waals surface area contributed by atoms with Crippen LogP contribution in [0.2, 0.25) is 0 Å². The summed E-state index contributed by atoms with van der Waals surface area (Å²) in [6, 6.07) is 7.59. The highest BCUT2D eigenvalue weighted by atomic mass is 15.2. The molecule has 0 amide bonds. The lowest BCUT2D eigenvalue weighted by molar-refractivity contribution is 0.103. The minimum absolute atomic E-state index is 0.387. The van der Waals surface area contributed by atoms with Gasteiger partial charge < -0.3 is 5.73 Å². The van der Waals surface area contributed by atoms with E-state index in [4.69, 9.17) is 5.73 Å². The van der Waals surface area contributed by atoms with Gasteiger partial charge in [-0.25, -0.2) is 0 Å². The number of nitrogens with zero attached hydrogens (tertiary/aromatic N) is 1. The van der Waals surface area contributed by atoms with Crippen molar-refractivity contribution >= 4 is 0 Å². The monoisotopic (exact) mass is 204 g/mol. The summed E-state index contributed by atoms with van der Waals surface area (Å²) in [5.74, 6) is 0. The number of benzene rings is 1. The standard InChI is InChI=1S/C13H20N2/c1-9-4-5-13(10(2)6-9)11(3)15-7-12(14)8-15/h4-6,11-12H,7-8,14H2,1-3H3. The molecule has 1 heterocycles. The van der Waals surface area contributed by atoms with Crippen molar-refractivity contribution in [3.05, 3.63) is 34.9 Å². The second kappa shape index (κ2) is 3.95. The lowest BCUT2D eigenvalue weighted by atomic mass is 9.96. The van der Waals surface area contributed by atoms with Crippen LogP contribution in [0.15, 0.2) is 18.2 Å². The van der Waals surface area contributed by atoms with E-state index in [0.717, 1.165) is 13.1 Å². The Morgan fingerprint density at radius 1 is 1.33 bits per heavy atom. The molecule has 0 aliphatic carbocycles. The molecule has 1 unspecified atom stereocenters. The van der Waals surface area contributed by atoms with E-state index in [1.54, 1.807) is 0 Å². The molecule has 0 radical (unpaired) electrons.